The van der Waals surface area contributed by atoms with Gasteiger partial charge in [-0.15, -0.1) is 0 Å². The molecule has 2 aromatic rings. The molecule has 0 amide bonds. The number of esters is 1. The van der Waals surface area contributed by atoms with Crippen LogP contribution in [0.25, 0.3) is 0 Å². The van der Waals surface area contributed by atoms with Gasteiger partial charge in [-0.05, 0) is 42.5 Å². The van der Waals surface area contributed by atoms with Gasteiger partial charge in [-0.3, -0.25) is 4.84 Å². The van der Waals surface area contributed by atoms with E-state index < -0.39 is 16.0 Å². The Kier molecular flexibility index (Phi) is 6.78. The third-order valence-corrected chi connectivity index (χ3v) is 5.52. The molecule has 146 valence electrons. The van der Waals surface area contributed by atoms with Crippen LogP contribution in [0.3, 0.4) is 0 Å². The highest BCUT2D eigenvalue weighted by Crippen LogP contribution is 2.25. The van der Waals surface area contributed by atoms with Crippen molar-refractivity contribution in [2.75, 3.05) is 28.4 Å². The highest BCUT2D eigenvalue weighted by Gasteiger charge is 2.21. The van der Waals surface area contributed by atoms with Crippen molar-refractivity contribution in [2.24, 2.45) is 0 Å². The second-order valence-electron chi connectivity index (χ2n) is 5.38. The van der Waals surface area contributed by atoms with Crippen LogP contribution in [0, 0.1) is 0 Å². The van der Waals surface area contributed by atoms with E-state index in [0.717, 1.165) is 4.47 Å². The summed E-state index contributed by atoms with van der Waals surface area (Å²) in [5.41, 5.74) is 0.863. The van der Waals surface area contributed by atoms with E-state index in [4.69, 9.17) is 19.0 Å². The molecule has 0 N–H and O–H groups in total. The predicted molar refractivity (Wildman–Crippen MR) is 97.1 cm³/mol. The SMILES string of the molecule is COc1ccc(OC)c(COC(=O)c2ccc(S(=O)(=O)N(C)OC)cc2)c1. The van der Waals surface area contributed by atoms with Crippen molar-refractivity contribution in [3.05, 3.63) is 53.6 Å². The van der Waals surface area contributed by atoms with Gasteiger partial charge in [0.15, 0.2) is 0 Å². The number of ether oxygens (including phenoxy) is 3. The molecule has 0 radical (unpaired) electrons. The fourth-order valence-corrected chi connectivity index (χ4v) is 3.20. The summed E-state index contributed by atoms with van der Waals surface area (Å²) in [4.78, 5) is 16.9. The van der Waals surface area contributed by atoms with Crippen LogP contribution >= 0.6 is 0 Å². The number of sulfonamides is 1. The highest BCUT2D eigenvalue weighted by molar-refractivity contribution is 7.89. The molecule has 0 fully saturated rings. The van der Waals surface area contributed by atoms with E-state index in [9.17, 15) is 13.2 Å². The molecule has 0 saturated carbocycles. The molecule has 0 heterocycles. The van der Waals surface area contributed by atoms with Gasteiger partial charge < -0.3 is 14.2 Å². The Labute approximate surface area is 158 Å². The van der Waals surface area contributed by atoms with Gasteiger partial charge in [0.1, 0.15) is 18.1 Å². The molecule has 0 saturated heterocycles. The maximum Gasteiger partial charge on any atom is 0.338 e. The minimum absolute atomic E-state index is 0.00198. The van der Waals surface area contributed by atoms with E-state index in [1.165, 1.54) is 52.6 Å². The monoisotopic (exact) mass is 395 g/mol. The second-order valence-corrected chi connectivity index (χ2v) is 7.31. The zero-order valence-corrected chi connectivity index (χ0v) is 16.3. The molecule has 0 aromatic heterocycles. The van der Waals surface area contributed by atoms with Gasteiger partial charge in [-0.25, -0.2) is 13.2 Å². The van der Waals surface area contributed by atoms with E-state index in [1.807, 2.05) is 0 Å². The Morgan fingerprint density at radius 1 is 1.00 bits per heavy atom. The average Bonchev–Trinajstić information content (AvgIpc) is 2.70. The lowest BCUT2D eigenvalue weighted by Crippen LogP contribution is -2.25. The number of hydrogen-bond acceptors (Lipinski definition) is 7. The molecule has 2 aromatic carbocycles. The van der Waals surface area contributed by atoms with Crippen LogP contribution in [0.5, 0.6) is 11.5 Å². The Bertz CT molecular complexity index is 894. The third-order valence-electron chi connectivity index (χ3n) is 3.83. The standard InChI is InChI=1S/C18H21NO7S/c1-19(25-4)27(21,22)16-8-5-13(6-9-16)18(20)26-12-14-11-15(23-2)7-10-17(14)24-3/h5-11H,12H2,1-4H3. The molecule has 0 spiro atoms. The summed E-state index contributed by atoms with van der Waals surface area (Å²) < 4.78 is 40.7. The maximum absolute atomic E-state index is 12.2. The van der Waals surface area contributed by atoms with Gasteiger partial charge in [0.05, 0.1) is 31.8 Å². The zero-order valence-electron chi connectivity index (χ0n) is 15.5. The third kappa shape index (κ3) is 4.76. The van der Waals surface area contributed by atoms with Crippen molar-refractivity contribution >= 4 is 16.0 Å². The van der Waals surface area contributed by atoms with Crippen LogP contribution in [0.15, 0.2) is 47.4 Å². The molecule has 2 rings (SSSR count). The molecule has 0 aliphatic carbocycles. The summed E-state index contributed by atoms with van der Waals surface area (Å²) in [5, 5.41) is 0. The molecule has 0 atom stereocenters. The van der Waals surface area contributed by atoms with Crippen LogP contribution in [0.1, 0.15) is 15.9 Å². The first kappa shape index (κ1) is 20.7. The minimum atomic E-state index is -3.77. The van der Waals surface area contributed by atoms with Gasteiger partial charge in [-0.1, -0.05) is 4.47 Å². The summed E-state index contributed by atoms with van der Waals surface area (Å²) in [7, 11) is 1.80. The number of carbonyl (C=O) groups is 1. The number of carbonyl (C=O) groups excluding carboxylic acids is 1. The maximum atomic E-state index is 12.2. The first-order valence-electron chi connectivity index (χ1n) is 7.84. The van der Waals surface area contributed by atoms with E-state index in [1.54, 1.807) is 18.2 Å². The molecule has 0 bridgehead atoms. The topological polar surface area (TPSA) is 91.4 Å². The second kappa shape index (κ2) is 8.85. The van der Waals surface area contributed by atoms with E-state index >= 15 is 0 Å². The lowest BCUT2D eigenvalue weighted by Gasteiger charge is -2.14. The quantitative estimate of drug-likeness (QED) is 0.500. The summed E-state index contributed by atoms with van der Waals surface area (Å²) in [6, 6.07) is 10.5. The lowest BCUT2D eigenvalue weighted by atomic mass is 10.2. The van der Waals surface area contributed by atoms with Crippen LogP contribution in [0.2, 0.25) is 0 Å². The molecule has 0 aliphatic heterocycles. The van der Waals surface area contributed by atoms with Crippen LogP contribution in [-0.4, -0.2) is 47.2 Å². The number of benzene rings is 2. The predicted octanol–water partition coefficient (Wildman–Crippen LogP) is 2.24. The molecule has 9 heteroatoms. The summed E-state index contributed by atoms with van der Waals surface area (Å²) in [6.45, 7) is -0.0222. The van der Waals surface area contributed by atoms with Gasteiger partial charge in [0.2, 0.25) is 0 Å². The largest absolute Gasteiger partial charge is 0.497 e. The Morgan fingerprint density at radius 2 is 1.67 bits per heavy atom. The minimum Gasteiger partial charge on any atom is -0.497 e. The smallest absolute Gasteiger partial charge is 0.338 e. The highest BCUT2D eigenvalue weighted by atomic mass is 32.2. The van der Waals surface area contributed by atoms with E-state index in [0.29, 0.717) is 17.1 Å². The number of hydroxylamine groups is 1. The van der Waals surface area contributed by atoms with Crippen LogP contribution < -0.4 is 9.47 Å². The van der Waals surface area contributed by atoms with Crippen molar-refractivity contribution in [3.8, 4) is 11.5 Å². The van der Waals surface area contributed by atoms with Crippen LogP contribution in [0.4, 0.5) is 0 Å². The lowest BCUT2D eigenvalue weighted by molar-refractivity contribution is -0.0258. The fourth-order valence-electron chi connectivity index (χ4n) is 2.23. The summed E-state index contributed by atoms with van der Waals surface area (Å²) in [5.74, 6) is 0.579. The Balaban J connectivity index is 2.11. The summed E-state index contributed by atoms with van der Waals surface area (Å²) in [6.07, 6.45) is 0. The number of rotatable bonds is 8. The first-order chi connectivity index (χ1) is 12.8. The molecule has 27 heavy (non-hydrogen) atoms. The number of nitrogens with zero attached hydrogens (tertiary/aromatic N) is 1. The van der Waals surface area contributed by atoms with Gasteiger partial charge >= 0.3 is 5.97 Å². The Morgan fingerprint density at radius 3 is 2.22 bits per heavy atom. The molecular weight excluding hydrogens is 374 g/mol. The first-order valence-corrected chi connectivity index (χ1v) is 9.28. The zero-order chi connectivity index (χ0) is 20.0. The van der Waals surface area contributed by atoms with Crippen molar-refractivity contribution in [1.29, 1.82) is 0 Å². The average molecular weight is 395 g/mol. The normalized spacial score (nSPS) is 11.3. The Hall–Kier alpha value is -2.62. The molecule has 0 unspecified atom stereocenters. The van der Waals surface area contributed by atoms with Gasteiger partial charge in [0, 0.05) is 12.6 Å². The van der Waals surface area contributed by atoms with Crippen molar-refractivity contribution in [3.63, 3.8) is 0 Å². The fraction of sp³-hybridized carbons (Fsp3) is 0.278. The summed E-state index contributed by atoms with van der Waals surface area (Å²) >= 11 is 0. The van der Waals surface area contributed by atoms with Crippen molar-refractivity contribution < 1.29 is 32.3 Å². The number of hydrogen-bond donors (Lipinski definition) is 0. The molecule has 0 aliphatic rings. The van der Waals surface area contributed by atoms with Gasteiger partial charge in [-0.2, -0.15) is 0 Å². The van der Waals surface area contributed by atoms with Crippen molar-refractivity contribution in [2.45, 2.75) is 11.5 Å². The number of methoxy groups -OCH3 is 2. The molecule has 8 nitrogen and oxygen atoms in total. The molecular formula is C18H21NO7S. The van der Waals surface area contributed by atoms with E-state index in [-0.39, 0.29) is 17.1 Å². The van der Waals surface area contributed by atoms with Crippen LogP contribution in [-0.2, 0) is 26.2 Å². The van der Waals surface area contributed by atoms with Gasteiger partial charge in [0.25, 0.3) is 10.0 Å². The van der Waals surface area contributed by atoms with E-state index in [2.05, 4.69) is 0 Å². The van der Waals surface area contributed by atoms with Crippen molar-refractivity contribution in [1.82, 2.24) is 4.47 Å².